The van der Waals surface area contributed by atoms with Crippen LogP contribution in [0.3, 0.4) is 0 Å². The quantitative estimate of drug-likeness (QED) is 0.460. The predicted molar refractivity (Wildman–Crippen MR) is 125 cm³/mol. The van der Waals surface area contributed by atoms with Gasteiger partial charge in [0.2, 0.25) is 5.91 Å². The number of halogens is 3. The van der Waals surface area contributed by atoms with Crippen molar-refractivity contribution in [1.29, 1.82) is 0 Å². The summed E-state index contributed by atoms with van der Waals surface area (Å²) in [7, 11) is 0. The molecule has 0 spiro atoms. The van der Waals surface area contributed by atoms with Crippen molar-refractivity contribution in [3.05, 3.63) is 93.7 Å². The zero-order chi connectivity index (χ0) is 24.7. The molecule has 2 heterocycles. The topological polar surface area (TPSA) is 68.9 Å². The van der Waals surface area contributed by atoms with E-state index in [4.69, 9.17) is 0 Å². The zero-order valence-corrected chi connectivity index (χ0v) is 19.0. The molecule has 1 N–H and O–H groups in total. The van der Waals surface area contributed by atoms with Crippen molar-refractivity contribution < 1.29 is 18.0 Å². The Labute approximate surface area is 199 Å². The van der Waals surface area contributed by atoms with Crippen LogP contribution in [-0.2, 0) is 23.9 Å². The van der Waals surface area contributed by atoms with E-state index in [-0.39, 0.29) is 24.1 Å². The maximum Gasteiger partial charge on any atom is 0.416 e. The lowest BCUT2D eigenvalue weighted by Gasteiger charge is -2.25. The van der Waals surface area contributed by atoms with Crippen LogP contribution in [0.25, 0.3) is 16.5 Å². The number of aromatic nitrogens is 3. The average molecular weight is 480 g/mol. The van der Waals surface area contributed by atoms with Crippen molar-refractivity contribution in [3.63, 3.8) is 0 Å². The van der Waals surface area contributed by atoms with Crippen molar-refractivity contribution >= 4 is 16.7 Å². The van der Waals surface area contributed by atoms with Gasteiger partial charge in [0.05, 0.1) is 23.2 Å². The Bertz CT molecular complexity index is 1490. The van der Waals surface area contributed by atoms with Crippen LogP contribution in [0.2, 0.25) is 0 Å². The van der Waals surface area contributed by atoms with Crippen LogP contribution >= 0.6 is 0 Å². The number of nitrogens with zero attached hydrogens (tertiary/aromatic N) is 3. The molecule has 6 nitrogen and oxygen atoms in total. The third-order valence-corrected chi connectivity index (χ3v) is 6.42. The first-order valence-electron chi connectivity index (χ1n) is 11.4. The van der Waals surface area contributed by atoms with E-state index in [0.717, 1.165) is 40.2 Å². The number of aryl methyl sites for hydroxylation is 1. The summed E-state index contributed by atoms with van der Waals surface area (Å²) in [5.74, 6) is -0.350. The Morgan fingerprint density at radius 2 is 1.94 bits per heavy atom. The fraction of sp³-hybridized carbons (Fsp3) is 0.269. The summed E-state index contributed by atoms with van der Waals surface area (Å²) in [4.78, 5) is 25.5. The molecule has 1 aliphatic rings. The molecule has 4 aromatic rings. The first-order chi connectivity index (χ1) is 16.7. The molecule has 2 aromatic heterocycles. The van der Waals surface area contributed by atoms with Crippen LogP contribution in [0.5, 0.6) is 0 Å². The van der Waals surface area contributed by atoms with Crippen molar-refractivity contribution in [3.8, 4) is 5.69 Å². The summed E-state index contributed by atoms with van der Waals surface area (Å²) in [5.41, 5.74) is 1.97. The van der Waals surface area contributed by atoms with Crippen LogP contribution in [0.4, 0.5) is 13.2 Å². The number of nitrogens with one attached hydrogen (secondary N) is 1. The van der Waals surface area contributed by atoms with E-state index in [1.807, 2.05) is 23.6 Å². The van der Waals surface area contributed by atoms with Crippen molar-refractivity contribution in [2.75, 3.05) is 0 Å². The van der Waals surface area contributed by atoms with Crippen molar-refractivity contribution in [1.82, 2.24) is 19.7 Å². The van der Waals surface area contributed by atoms with Gasteiger partial charge in [0.25, 0.3) is 5.56 Å². The van der Waals surface area contributed by atoms with Crippen LogP contribution in [-0.4, -0.2) is 20.3 Å². The van der Waals surface area contributed by atoms with Gasteiger partial charge >= 0.3 is 6.18 Å². The lowest BCUT2D eigenvalue weighted by atomic mass is 9.92. The van der Waals surface area contributed by atoms with Crippen LogP contribution in [0, 0.1) is 6.92 Å². The fourth-order valence-corrected chi connectivity index (χ4v) is 4.85. The zero-order valence-electron chi connectivity index (χ0n) is 19.0. The highest BCUT2D eigenvalue weighted by atomic mass is 19.4. The second kappa shape index (κ2) is 8.72. The molecule has 0 saturated carbocycles. The highest BCUT2D eigenvalue weighted by Crippen LogP contribution is 2.36. The minimum Gasteiger partial charge on any atom is -0.348 e. The van der Waals surface area contributed by atoms with Crippen molar-refractivity contribution in [2.45, 2.75) is 44.9 Å². The van der Waals surface area contributed by atoms with E-state index in [1.54, 1.807) is 30.5 Å². The summed E-state index contributed by atoms with van der Waals surface area (Å²) in [6.07, 6.45) is -0.708. The van der Waals surface area contributed by atoms with Gasteiger partial charge in [0, 0.05) is 22.5 Å². The highest BCUT2D eigenvalue weighted by Gasteiger charge is 2.31. The fourth-order valence-electron chi connectivity index (χ4n) is 4.85. The Morgan fingerprint density at radius 1 is 1.14 bits per heavy atom. The van der Waals surface area contributed by atoms with Crippen LogP contribution in [0.1, 0.15) is 41.4 Å². The minimum absolute atomic E-state index is 0.219. The van der Waals surface area contributed by atoms with E-state index in [9.17, 15) is 22.8 Å². The minimum atomic E-state index is -4.43. The average Bonchev–Trinajstić information content (AvgIpc) is 3.17. The molecule has 0 radical (unpaired) electrons. The first-order valence-corrected chi connectivity index (χ1v) is 11.4. The Balaban J connectivity index is 1.41. The van der Waals surface area contributed by atoms with E-state index in [2.05, 4.69) is 10.4 Å². The summed E-state index contributed by atoms with van der Waals surface area (Å²) in [6, 6.07) is 13.9. The number of carbonyl (C=O) groups excluding carboxylic acids is 1. The second-order valence-electron chi connectivity index (χ2n) is 8.78. The molecule has 180 valence electrons. The Morgan fingerprint density at radius 3 is 2.74 bits per heavy atom. The molecule has 0 aliphatic heterocycles. The summed E-state index contributed by atoms with van der Waals surface area (Å²) >= 11 is 0. The number of hydrogen-bond donors (Lipinski definition) is 1. The number of hydrogen-bond acceptors (Lipinski definition) is 3. The highest BCUT2D eigenvalue weighted by molar-refractivity contribution is 5.81. The van der Waals surface area contributed by atoms with E-state index in [0.29, 0.717) is 29.3 Å². The maximum absolute atomic E-state index is 13.3. The summed E-state index contributed by atoms with van der Waals surface area (Å²) < 4.78 is 42.8. The molecule has 2 aromatic carbocycles. The maximum atomic E-state index is 13.3. The van der Waals surface area contributed by atoms with Gasteiger partial charge in [-0.2, -0.15) is 18.3 Å². The third-order valence-electron chi connectivity index (χ3n) is 6.42. The smallest absolute Gasteiger partial charge is 0.348 e. The second-order valence-corrected chi connectivity index (χ2v) is 8.78. The Kier molecular flexibility index (Phi) is 5.70. The molecule has 35 heavy (non-hydrogen) atoms. The molecule has 9 heteroatoms. The molecule has 1 amide bonds. The van der Waals surface area contributed by atoms with Gasteiger partial charge in [-0.1, -0.05) is 24.3 Å². The summed E-state index contributed by atoms with van der Waals surface area (Å²) in [5, 5.41) is 8.31. The molecule has 1 atom stereocenters. The van der Waals surface area contributed by atoms with E-state index >= 15 is 0 Å². The normalized spacial score (nSPS) is 15.7. The van der Waals surface area contributed by atoms with Gasteiger partial charge in [-0.15, -0.1) is 0 Å². The number of carbonyl (C=O) groups is 1. The molecular weight excluding hydrogens is 457 g/mol. The standard InChI is InChI=1S/C26H23F3N4O2/c1-16-12-21-22(31-24(34)15-32-25(35)20-9-3-2-6-17(20)14-30-32)10-5-11-23(21)33(16)19-8-4-7-18(13-19)26(27,28)29/h2-4,6-9,12-14,22H,5,10-11,15H2,1H3,(H,31,34)/t22-/m0/s1. The van der Waals surface area contributed by atoms with Gasteiger partial charge in [0.1, 0.15) is 6.54 Å². The lowest BCUT2D eigenvalue weighted by molar-refractivity contribution is -0.137. The number of amides is 1. The molecule has 0 fully saturated rings. The lowest BCUT2D eigenvalue weighted by Crippen LogP contribution is -2.36. The molecule has 0 bridgehead atoms. The van der Waals surface area contributed by atoms with Crippen molar-refractivity contribution in [2.24, 2.45) is 0 Å². The SMILES string of the molecule is Cc1cc2c(n1-c1cccc(C(F)(F)F)c1)CCC[C@@H]2NC(=O)Cn1ncc2ccccc2c1=O. The Hall–Kier alpha value is -3.88. The first kappa shape index (κ1) is 22.9. The number of alkyl halides is 3. The largest absolute Gasteiger partial charge is 0.416 e. The van der Waals surface area contributed by atoms with Gasteiger partial charge in [-0.25, -0.2) is 4.68 Å². The number of rotatable bonds is 4. The monoisotopic (exact) mass is 480 g/mol. The van der Waals surface area contributed by atoms with Gasteiger partial charge in [-0.05, 0) is 62.1 Å². The summed E-state index contributed by atoms with van der Waals surface area (Å²) in [6.45, 7) is 1.62. The van der Waals surface area contributed by atoms with Gasteiger partial charge in [0.15, 0.2) is 0 Å². The van der Waals surface area contributed by atoms with Crippen LogP contribution in [0.15, 0.2) is 65.6 Å². The van der Waals surface area contributed by atoms with E-state index < -0.39 is 11.7 Å². The van der Waals surface area contributed by atoms with E-state index in [1.165, 1.54) is 6.07 Å². The molecule has 0 unspecified atom stereocenters. The third kappa shape index (κ3) is 4.34. The molecule has 0 saturated heterocycles. The predicted octanol–water partition coefficient (Wildman–Crippen LogP) is 4.71. The molecule has 1 aliphatic carbocycles. The van der Waals surface area contributed by atoms with Crippen LogP contribution < -0.4 is 10.9 Å². The molecular formula is C26H23F3N4O2. The number of benzene rings is 2. The number of fused-ring (bicyclic) bond motifs is 2. The van der Waals surface area contributed by atoms with Gasteiger partial charge in [-0.3, -0.25) is 9.59 Å². The van der Waals surface area contributed by atoms with Gasteiger partial charge < -0.3 is 9.88 Å². The molecule has 5 rings (SSSR count).